The molecule has 0 aromatic heterocycles. The first-order valence-electron chi connectivity index (χ1n) is 14.5. The van der Waals surface area contributed by atoms with Crippen LogP contribution in [0.25, 0.3) is 10.8 Å². The summed E-state index contributed by atoms with van der Waals surface area (Å²) in [5.41, 5.74) is 0.603. The first kappa shape index (κ1) is 32.3. The molecule has 47 heavy (non-hydrogen) atoms. The zero-order valence-corrected chi connectivity index (χ0v) is 27.2. The van der Waals surface area contributed by atoms with Crippen LogP contribution in [0.1, 0.15) is 0 Å². The molecule has 14 heteroatoms. The third-order valence-corrected chi connectivity index (χ3v) is 13.0. The molecule has 0 radical (unpaired) electrons. The van der Waals surface area contributed by atoms with Gasteiger partial charge in [0.05, 0.1) is 20.4 Å². The molecule has 1 atom stereocenters. The molecule has 1 heterocycles. The van der Waals surface area contributed by atoms with Gasteiger partial charge in [0.25, 0.3) is 10.0 Å². The van der Waals surface area contributed by atoms with E-state index >= 15 is 0 Å². The van der Waals surface area contributed by atoms with Crippen molar-refractivity contribution in [2.24, 2.45) is 0 Å². The highest BCUT2D eigenvalue weighted by molar-refractivity contribution is 7.92. The molecule has 0 unspecified atom stereocenters. The molecule has 0 saturated carbocycles. The number of nitrogens with zero attached hydrogens (tertiary/aromatic N) is 2. The van der Waals surface area contributed by atoms with Crippen molar-refractivity contribution >= 4 is 58.1 Å². The van der Waals surface area contributed by atoms with Gasteiger partial charge < -0.3 is 5.32 Å². The number of hydrogen-bond acceptors (Lipinski definition) is 7. The molecule has 0 aliphatic carbocycles. The van der Waals surface area contributed by atoms with Gasteiger partial charge in [0.15, 0.2) is 0 Å². The predicted octanol–water partition coefficient (Wildman–Crippen LogP) is 4.34. The molecule has 1 aliphatic rings. The van der Waals surface area contributed by atoms with Gasteiger partial charge in [-0.05, 0) is 60.0 Å². The number of nitrogens with one attached hydrogen (secondary N) is 2. The summed E-state index contributed by atoms with van der Waals surface area (Å²) in [5, 5.41) is 4.25. The molecule has 1 amide bonds. The van der Waals surface area contributed by atoms with Crippen molar-refractivity contribution in [2.45, 2.75) is 20.7 Å². The summed E-state index contributed by atoms with van der Waals surface area (Å²) in [6.45, 7) is -0.863. The lowest BCUT2D eigenvalue weighted by atomic mass is 10.1. The SMILES string of the molecule is O=C(Nc1ccc(S(=O)(=O)Nc2cccc3ccccc23)cc1)[C@H]1CN(S(=O)(=O)c2ccccc2)CCN1S(=O)(=O)c1ccccc1. The highest BCUT2D eigenvalue weighted by Crippen LogP contribution is 2.28. The minimum Gasteiger partial charge on any atom is -0.325 e. The smallest absolute Gasteiger partial charge is 0.261 e. The molecule has 5 aromatic rings. The standard InChI is InChI=1S/C33H30N4O7S3/c38-33(34-26-18-20-27(21-19-26)45(39,40)35-31-17-9-11-25-10-7-8-16-30(25)31)32-24-36(46(41,42)28-12-3-1-4-13-28)22-23-37(32)47(43,44)29-14-5-2-6-15-29/h1-21,32,35H,22-24H2,(H,34,38)/t32-/m1/s1. The Bertz CT molecular complexity index is 2250. The van der Waals surface area contributed by atoms with E-state index in [4.69, 9.17) is 0 Å². The maximum atomic E-state index is 13.7. The van der Waals surface area contributed by atoms with E-state index in [-0.39, 0.29) is 33.5 Å². The van der Waals surface area contributed by atoms with Crippen LogP contribution in [0.4, 0.5) is 11.4 Å². The van der Waals surface area contributed by atoms with Crippen LogP contribution >= 0.6 is 0 Å². The second kappa shape index (κ2) is 12.9. The van der Waals surface area contributed by atoms with E-state index in [1.165, 1.54) is 48.5 Å². The van der Waals surface area contributed by atoms with Crippen LogP contribution in [-0.2, 0) is 34.9 Å². The second-order valence-electron chi connectivity index (χ2n) is 10.8. The van der Waals surface area contributed by atoms with Gasteiger partial charge in [0.1, 0.15) is 6.04 Å². The number of piperazine rings is 1. The van der Waals surface area contributed by atoms with Crippen LogP contribution in [0.3, 0.4) is 0 Å². The van der Waals surface area contributed by atoms with E-state index < -0.39 is 48.6 Å². The second-order valence-corrected chi connectivity index (χ2v) is 16.3. The van der Waals surface area contributed by atoms with Gasteiger partial charge in [0, 0.05) is 30.7 Å². The fraction of sp³-hybridized carbons (Fsp3) is 0.121. The number of benzene rings is 5. The van der Waals surface area contributed by atoms with E-state index in [2.05, 4.69) is 10.0 Å². The van der Waals surface area contributed by atoms with Crippen molar-refractivity contribution in [3.63, 3.8) is 0 Å². The van der Waals surface area contributed by atoms with Crippen LogP contribution in [0.15, 0.2) is 142 Å². The Morgan fingerprint density at radius 2 is 1.17 bits per heavy atom. The van der Waals surface area contributed by atoms with Crippen molar-refractivity contribution in [3.05, 3.63) is 127 Å². The molecule has 11 nitrogen and oxygen atoms in total. The largest absolute Gasteiger partial charge is 0.325 e. The molecule has 1 saturated heterocycles. The van der Waals surface area contributed by atoms with Gasteiger partial charge >= 0.3 is 0 Å². The van der Waals surface area contributed by atoms with Gasteiger partial charge in [-0.1, -0.05) is 72.8 Å². The van der Waals surface area contributed by atoms with Gasteiger partial charge in [-0.3, -0.25) is 9.52 Å². The number of rotatable bonds is 9. The monoisotopic (exact) mass is 690 g/mol. The fourth-order valence-electron chi connectivity index (χ4n) is 5.39. The summed E-state index contributed by atoms with van der Waals surface area (Å²) in [5.74, 6) is -0.776. The van der Waals surface area contributed by atoms with Crippen molar-refractivity contribution in [1.82, 2.24) is 8.61 Å². The average Bonchev–Trinajstić information content (AvgIpc) is 3.09. The highest BCUT2D eigenvalue weighted by Gasteiger charge is 2.43. The first-order chi connectivity index (χ1) is 22.5. The van der Waals surface area contributed by atoms with E-state index in [0.29, 0.717) is 5.69 Å². The minimum atomic E-state index is -4.19. The average molecular weight is 691 g/mol. The molecule has 0 bridgehead atoms. The predicted molar refractivity (Wildman–Crippen MR) is 179 cm³/mol. The van der Waals surface area contributed by atoms with Crippen LogP contribution in [0, 0.1) is 0 Å². The Hall–Kier alpha value is -4.60. The molecular weight excluding hydrogens is 661 g/mol. The summed E-state index contributed by atoms with van der Waals surface area (Å²) in [6, 6.07) is 31.9. The van der Waals surface area contributed by atoms with E-state index in [9.17, 15) is 30.0 Å². The van der Waals surface area contributed by atoms with E-state index in [0.717, 1.165) is 19.4 Å². The molecule has 2 N–H and O–H groups in total. The van der Waals surface area contributed by atoms with Crippen LogP contribution in [-0.4, -0.2) is 65.4 Å². The summed E-state index contributed by atoms with van der Waals surface area (Å²) < 4.78 is 85.4. The first-order valence-corrected chi connectivity index (χ1v) is 18.9. The lowest BCUT2D eigenvalue weighted by molar-refractivity contribution is -0.120. The third kappa shape index (κ3) is 6.64. The van der Waals surface area contributed by atoms with Crippen LogP contribution in [0.5, 0.6) is 0 Å². The molecular formula is C33H30N4O7S3. The number of fused-ring (bicyclic) bond motifs is 1. The Morgan fingerprint density at radius 3 is 1.83 bits per heavy atom. The van der Waals surface area contributed by atoms with Crippen LogP contribution in [0.2, 0.25) is 0 Å². The molecule has 5 aromatic carbocycles. The Kier molecular flexibility index (Phi) is 8.87. The number of hydrogen-bond donors (Lipinski definition) is 2. The number of carbonyl (C=O) groups is 1. The van der Waals surface area contributed by atoms with Crippen molar-refractivity contribution in [3.8, 4) is 0 Å². The zero-order valence-electron chi connectivity index (χ0n) is 24.8. The Balaban J connectivity index is 1.25. The van der Waals surface area contributed by atoms with Crippen LogP contribution < -0.4 is 10.0 Å². The number of carbonyl (C=O) groups excluding carboxylic acids is 1. The molecule has 0 spiro atoms. The Labute approximate surface area is 273 Å². The normalized spacial score (nSPS) is 16.5. The molecule has 242 valence electrons. The summed E-state index contributed by atoms with van der Waals surface area (Å²) in [6.07, 6.45) is 0. The lowest BCUT2D eigenvalue weighted by Gasteiger charge is -2.38. The quantitative estimate of drug-likeness (QED) is 0.234. The van der Waals surface area contributed by atoms with Crippen molar-refractivity contribution in [2.75, 3.05) is 29.7 Å². The van der Waals surface area contributed by atoms with E-state index in [1.54, 1.807) is 48.5 Å². The van der Waals surface area contributed by atoms with E-state index in [1.807, 2.05) is 30.3 Å². The minimum absolute atomic E-state index is 0.0208. The van der Waals surface area contributed by atoms with Gasteiger partial charge in [0.2, 0.25) is 26.0 Å². The molecule has 6 rings (SSSR count). The lowest BCUT2D eigenvalue weighted by Crippen LogP contribution is -2.60. The Morgan fingerprint density at radius 1 is 0.596 bits per heavy atom. The topological polar surface area (TPSA) is 150 Å². The zero-order chi connectivity index (χ0) is 33.2. The number of sulfonamides is 3. The fourth-order valence-corrected chi connectivity index (χ4v) is 9.52. The molecule has 1 fully saturated rings. The van der Waals surface area contributed by atoms with Gasteiger partial charge in [-0.2, -0.15) is 8.61 Å². The summed E-state index contributed by atoms with van der Waals surface area (Å²) in [4.78, 5) is 13.7. The van der Waals surface area contributed by atoms with Crippen molar-refractivity contribution < 1.29 is 30.0 Å². The highest BCUT2D eigenvalue weighted by atomic mass is 32.2. The summed E-state index contributed by atoms with van der Waals surface area (Å²) >= 11 is 0. The maximum Gasteiger partial charge on any atom is 0.261 e. The van der Waals surface area contributed by atoms with Gasteiger partial charge in [-0.25, -0.2) is 25.3 Å². The maximum absolute atomic E-state index is 13.7. The third-order valence-electron chi connectivity index (χ3n) is 7.79. The summed E-state index contributed by atoms with van der Waals surface area (Å²) in [7, 11) is -12.2. The number of amides is 1. The molecule has 1 aliphatic heterocycles. The number of anilines is 2. The van der Waals surface area contributed by atoms with Crippen molar-refractivity contribution in [1.29, 1.82) is 0 Å². The van der Waals surface area contributed by atoms with Gasteiger partial charge in [-0.15, -0.1) is 0 Å².